The number of hydrogen-bond acceptors (Lipinski definition) is 2. The van der Waals surface area contributed by atoms with Gasteiger partial charge in [0.15, 0.2) is 0 Å². The molecule has 2 nitrogen and oxygen atoms in total. The van der Waals surface area contributed by atoms with Crippen molar-refractivity contribution in [1.29, 1.82) is 0 Å². The summed E-state index contributed by atoms with van der Waals surface area (Å²) in [6, 6.07) is 0.254. The summed E-state index contributed by atoms with van der Waals surface area (Å²) in [6.07, 6.45) is -2.74. The summed E-state index contributed by atoms with van der Waals surface area (Å²) < 4.78 is 36.0. The molecule has 0 aliphatic heterocycles. The molecular weight excluding hydrogens is 217 g/mol. The number of halogens is 4. The minimum atomic E-state index is -4.29. The van der Waals surface area contributed by atoms with Gasteiger partial charge in [-0.15, -0.1) is 0 Å². The lowest BCUT2D eigenvalue weighted by atomic mass is 10.1. The largest absolute Gasteiger partial charge is 0.390 e. The summed E-state index contributed by atoms with van der Waals surface area (Å²) in [6.45, 7) is 0. The highest BCUT2D eigenvalue weighted by Crippen LogP contribution is 2.30. The number of alkyl halides is 3. The summed E-state index contributed by atoms with van der Waals surface area (Å²) in [5, 5.41) is 0.157. The molecule has 0 aromatic carbocycles. The van der Waals surface area contributed by atoms with E-state index in [4.69, 9.17) is 17.3 Å². The highest BCUT2D eigenvalue weighted by molar-refractivity contribution is 6.31. The van der Waals surface area contributed by atoms with Crippen molar-refractivity contribution in [3.63, 3.8) is 0 Å². The van der Waals surface area contributed by atoms with Crippen LogP contribution in [0.25, 0.3) is 0 Å². The molecule has 0 saturated carbocycles. The summed E-state index contributed by atoms with van der Waals surface area (Å²) in [5.74, 6) is 0. The maximum atomic E-state index is 12.0. The van der Waals surface area contributed by atoms with Gasteiger partial charge in [-0.25, -0.2) is 0 Å². The SMILES string of the molecule is N[C@@H](CC(F)(F)F)c1ccncc1Cl. The molecule has 14 heavy (non-hydrogen) atoms. The first-order valence-corrected chi connectivity index (χ1v) is 4.19. The zero-order valence-electron chi connectivity index (χ0n) is 7.05. The summed E-state index contributed by atoms with van der Waals surface area (Å²) in [5.41, 5.74) is 5.61. The van der Waals surface area contributed by atoms with Crippen LogP contribution in [0.3, 0.4) is 0 Å². The van der Waals surface area contributed by atoms with Crippen LogP contribution >= 0.6 is 11.6 Å². The fourth-order valence-electron chi connectivity index (χ4n) is 1.05. The Morgan fingerprint density at radius 1 is 1.50 bits per heavy atom. The van der Waals surface area contributed by atoms with E-state index in [1.165, 1.54) is 18.5 Å². The van der Waals surface area contributed by atoms with Crippen LogP contribution in [-0.2, 0) is 0 Å². The van der Waals surface area contributed by atoms with Gasteiger partial charge in [-0.2, -0.15) is 13.2 Å². The van der Waals surface area contributed by atoms with E-state index in [9.17, 15) is 13.2 Å². The van der Waals surface area contributed by atoms with E-state index >= 15 is 0 Å². The van der Waals surface area contributed by atoms with Gasteiger partial charge in [-0.05, 0) is 11.6 Å². The van der Waals surface area contributed by atoms with Crippen LogP contribution in [0.5, 0.6) is 0 Å². The van der Waals surface area contributed by atoms with Crippen molar-refractivity contribution in [1.82, 2.24) is 4.98 Å². The maximum Gasteiger partial charge on any atom is 0.390 e. The van der Waals surface area contributed by atoms with Gasteiger partial charge in [-0.1, -0.05) is 11.6 Å². The van der Waals surface area contributed by atoms with Crippen molar-refractivity contribution in [2.45, 2.75) is 18.6 Å². The van der Waals surface area contributed by atoms with Gasteiger partial charge in [0.2, 0.25) is 0 Å². The van der Waals surface area contributed by atoms with Crippen molar-refractivity contribution in [3.8, 4) is 0 Å². The minimum absolute atomic E-state index is 0.157. The van der Waals surface area contributed by atoms with E-state index in [1.54, 1.807) is 0 Å². The third-order valence-electron chi connectivity index (χ3n) is 1.65. The number of nitrogens with two attached hydrogens (primary N) is 1. The molecule has 78 valence electrons. The Morgan fingerprint density at radius 2 is 2.14 bits per heavy atom. The standard InChI is InChI=1S/C8H8ClF3N2/c9-6-4-14-2-1-5(6)7(13)3-8(10,11)12/h1-2,4,7H,3,13H2/t7-/m0/s1. The molecular formula is C8H8ClF3N2. The fraction of sp³-hybridized carbons (Fsp3) is 0.375. The van der Waals surface area contributed by atoms with Crippen LogP contribution in [0.4, 0.5) is 13.2 Å². The molecule has 1 atom stereocenters. The zero-order chi connectivity index (χ0) is 10.8. The van der Waals surface area contributed by atoms with E-state index in [1.807, 2.05) is 0 Å². The second kappa shape index (κ2) is 4.14. The highest BCUT2D eigenvalue weighted by Gasteiger charge is 2.31. The van der Waals surface area contributed by atoms with Crippen molar-refractivity contribution >= 4 is 11.6 Å². The van der Waals surface area contributed by atoms with Crippen LogP contribution in [0.2, 0.25) is 5.02 Å². The number of hydrogen-bond donors (Lipinski definition) is 1. The topological polar surface area (TPSA) is 38.9 Å². The Bertz CT molecular complexity index is 314. The average molecular weight is 225 g/mol. The molecule has 0 aliphatic rings. The minimum Gasteiger partial charge on any atom is -0.324 e. The van der Waals surface area contributed by atoms with Gasteiger partial charge >= 0.3 is 6.18 Å². The lowest BCUT2D eigenvalue weighted by Crippen LogP contribution is -2.20. The first-order chi connectivity index (χ1) is 6.40. The number of rotatable bonds is 2. The monoisotopic (exact) mass is 224 g/mol. The molecule has 0 saturated heterocycles. The van der Waals surface area contributed by atoms with Gasteiger partial charge in [0.1, 0.15) is 0 Å². The van der Waals surface area contributed by atoms with Gasteiger partial charge < -0.3 is 5.73 Å². The van der Waals surface area contributed by atoms with Crippen LogP contribution in [0.15, 0.2) is 18.5 Å². The molecule has 0 aliphatic carbocycles. The first kappa shape index (κ1) is 11.3. The van der Waals surface area contributed by atoms with Crippen molar-refractivity contribution in [3.05, 3.63) is 29.0 Å². The normalized spacial score (nSPS) is 14.1. The molecule has 1 aromatic heterocycles. The van der Waals surface area contributed by atoms with Crippen LogP contribution in [0, 0.1) is 0 Å². The number of pyridine rings is 1. The summed E-state index contributed by atoms with van der Waals surface area (Å²) in [4.78, 5) is 3.66. The maximum absolute atomic E-state index is 12.0. The quantitative estimate of drug-likeness (QED) is 0.839. The van der Waals surface area contributed by atoms with Crippen LogP contribution in [-0.4, -0.2) is 11.2 Å². The van der Waals surface area contributed by atoms with Crippen molar-refractivity contribution in [2.24, 2.45) is 5.73 Å². The zero-order valence-corrected chi connectivity index (χ0v) is 7.81. The fourth-order valence-corrected chi connectivity index (χ4v) is 1.31. The van der Waals surface area contributed by atoms with E-state index in [0.29, 0.717) is 0 Å². The van der Waals surface area contributed by atoms with E-state index in [2.05, 4.69) is 4.98 Å². The Labute approximate surface area is 83.9 Å². The summed E-state index contributed by atoms with van der Waals surface area (Å²) in [7, 11) is 0. The van der Waals surface area contributed by atoms with E-state index < -0.39 is 18.6 Å². The van der Waals surface area contributed by atoms with Gasteiger partial charge in [0, 0.05) is 18.4 Å². The predicted molar refractivity (Wildman–Crippen MR) is 46.8 cm³/mol. The lowest BCUT2D eigenvalue weighted by Gasteiger charge is -2.15. The molecule has 1 aromatic rings. The Kier molecular flexibility index (Phi) is 3.34. The summed E-state index contributed by atoms with van der Waals surface area (Å²) >= 11 is 5.64. The second-order valence-electron chi connectivity index (χ2n) is 2.82. The Hall–Kier alpha value is -0.810. The van der Waals surface area contributed by atoms with Crippen molar-refractivity contribution < 1.29 is 13.2 Å². The van der Waals surface area contributed by atoms with Crippen LogP contribution in [0.1, 0.15) is 18.0 Å². The van der Waals surface area contributed by atoms with Crippen LogP contribution < -0.4 is 5.73 Å². The third-order valence-corrected chi connectivity index (χ3v) is 1.97. The molecule has 0 unspecified atom stereocenters. The number of aromatic nitrogens is 1. The molecule has 0 amide bonds. The van der Waals surface area contributed by atoms with Gasteiger partial charge in [0.05, 0.1) is 11.4 Å². The Morgan fingerprint density at radius 3 is 2.64 bits per heavy atom. The predicted octanol–water partition coefficient (Wildman–Crippen LogP) is 2.69. The lowest BCUT2D eigenvalue weighted by molar-refractivity contribution is -0.138. The molecule has 1 rings (SSSR count). The smallest absolute Gasteiger partial charge is 0.324 e. The van der Waals surface area contributed by atoms with Gasteiger partial charge in [-0.3, -0.25) is 4.98 Å². The molecule has 6 heteroatoms. The molecule has 0 spiro atoms. The molecule has 2 N–H and O–H groups in total. The number of nitrogens with zero attached hydrogens (tertiary/aromatic N) is 1. The molecule has 0 radical (unpaired) electrons. The first-order valence-electron chi connectivity index (χ1n) is 3.82. The molecule has 0 bridgehead atoms. The highest BCUT2D eigenvalue weighted by atomic mass is 35.5. The van der Waals surface area contributed by atoms with E-state index in [0.717, 1.165) is 0 Å². The van der Waals surface area contributed by atoms with Crippen molar-refractivity contribution in [2.75, 3.05) is 0 Å². The molecule has 1 heterocycles. The second-order valence-corrected chi connectivity index (χ2v) is 3.23. The van der Waals surface area contributed by atoms with E-state index in [-0.39, 0.29) is 10.6 Å². The third kappa shape index (κ3) is 3.16. The Balaban J connectivity index is 2.80. The van der Waals surface area contributed by atoms with Gasteiger partial charge in [0.25, 0.3) is 0 Å². The average Bonchev–Trinajstić information content (AvgIpc) is 2.01. The molecule has 0 fully saturated rings.